The molecule has 174 valence electrons. The number of benzene rings is 2. The Kier molecular flexibility index (Phi) is 7.10. The first kappa shape index (κ1) is 23.9. The van der Waals surface area contributed by atoms with Crippen LogP contribution in [0, 0.1) is 0 Å². The number of alkyl halides is 3. The minimum Gasteiger partial charge on any atom is -0.493 e. The third-order valence-corrected chi connectivity index (χ3v) is 5.07. The number of rotatable bonds is 6. The molecule has 0 aromatic heterocycles. The lowest BCUT2D eigenvalue weighted by Gasteiger charge is -2.24. The van der Waals surface area contributed by atoms with E-state index in [-0.39, 0.29) is 12.1 Å². The van der Waals surface area contributed by atoms with Crippen LogP contribution in [0.5, 0.6) is 17.2 Å². The van der Waals surface area contributed by atoms with Crippen molar-refractivity contribution in [2.75, 3.05) is 27.9 Å². The lowest BCUT2D eigenvalue weighted by molar-refractivity contribution is -0.139. The molecule has 9 heteroatoms. The predicted molar refractivity (Wildman–Crippen MR) is 116 cm³/mol. The van der Waals surface area contributed by atoms with Gasteiger partial charge in [0.25, 0.3) is 11.8 Å². The maximum absolute atomic E-state index is 12.9. The molecule has 2 amide bonds. The van der Waals surface area contributed by atoms with Crippen LogP contribution in [0.1, 0.15) is 23.1 Å². The smallest absolute Gasteiger partial charge is 0.416 e. The minimum absolute atomic E-state index is 0.168. The number of hydrogen-bond acceptors (Lipinski definition) is 5. The molecule has 33 heavy (non-hydrogen) atoms. The van der Waals surface area contributed by atoms with Gasteiger partial charge in [0, 0.05) is 18.2 Å². The lowest BCUT2D eigenvalue weighted by Crippen LogP contribution is -2.39. The molecule has 0 saturated heterocycles. The van der Waals surface area contributed by atoms with Gasteiger partial charge in [0.05, 0.1) is 26.9 Å². The molecule has 1 aliphatic rings. The van der Waals surface area contributed by atoms with E-state index in [1.54, 1.807) is 18.2 Å². The molecule has 0 spiro atoms. The molecule has 0 N–H and O–H groups in total. The maximum Gasteiger partial charge on any atom is 0.416 e. The van der Waals surface area contributed by atoms with E-state index < -0.39 is 23.6 Å². The molecule has 0 atom stereocenters. The molecule has 3 rings (SSSR count). The first-order chi connectivity index (χ1) is 15.7. The maximum atomic E-state index is 12.9. The first-order valence-electron chi connectivity index (χ1n) is 9.91. The Bertz CT molecular complexity index is 1080. The van der Waals surface area contributed by atoms with E-state index in [2.05, 4.69) is 0 Å². The fraction of sp³-hybridized carbons (Fsp3) is 0.250. The van der Waals surface area contributed by atoms with Gasteiger partial charge in [-0.25, -0.2) is 0 Å². The van der Waals surface area contributed by atoms with Gasteiger partial charge in [0.1, 0.15) is 0 Å². The molecule has 6 nitrogen and oxygen atoms in total. The minimum atomic E-state index is -4.47. The van der Waals surface area contributed by atoms with Crippen molar-refractivity contribution < 1.29 is 37.0 Å². The molecule has 0 fully saturated rings. The van der Waals surface area contributed by atoms with Crippen LogP contribution < -0.4 is 14.2 Å². The Labute approximate surface area is 188 Å². The van der Waals surface area contributed by atoms with Crippen LogP contribution >= 0.6 is 0 Å². The standard InChI is InChI=1S/C24H22F3NO5/c1-31-19-13-15(14-20(32-2)22(19)33-3)6-11-21(29)28-12-4-5-18(23(28)30)16-7-9-17(10-8-16)24(25,26)27/h5-11,13-14H,4,12H2,1-3H3. The number of ether oxygens (including phenoxy) is 3. The summed E-state index contributed by atoms with van der Waals surface area (Å²) in [6.07, 6.45) is 0.303. The zero-order chi connectivity index (χ0) is 24.2. The molecule has 2 aromatic carbocycles. The Hall–Kier alpha value is -3.75. The quantitative estimate of drug-likeness (QED) is 0.589. The number of carbonyl (C=O) groups excluding carboxylic acids is 2. The summed E-state index contributed by atoms with van der Waals surface area (Å²) in [5.41, 5.74) is 0.278. The SMILES string of the molecule is COc1cc(C=CC(=O)N2CCC=C(c3ccc(C(F)(F)F)cc3)C2=O)cc(OC)c1OC. The van der Waals surface area contributed by atoms with Crippen molar-refractivity contribution in [3.05, 3.63) is 65.2 Å². The highest BCUT2D eigenvalue weighted by Gasteiger charge is 2.31. The van der Waals surface area contributed by atoms with Gasteiger partial charge < -0.3 is 14.2 Å². The first-order valence-corrected chi connectivity index (χ1v) is 9.91. The van der Waals surface area contributed by atoms with Crippen LogP contribution in [0.3, 0.4) is 0 Å². The Morgan fingerprint density at radius 3 is 2.12 bits per heavy atom. The van der Waals surface area contributed by atoms with Crippen molar-refractivity contribution in [3.8, 4) is 17.2 Å². The van der Waals surface area contributed by atoms with Crippen LogP contribution in [-0.4, -0.2) is 44.6 Å². The van der Waals surface area contributed by atoms with Crippen LogP contribution in [0.4, 0.5) is 13.2 Å². The summed E-state index contributed by atoms with van der Waals surface area (Å²) in [5, 5.41) is 0. The number of hydrogen-bond donors (Lipinski definition) is 0. The number of methoxy groups -OCH3 is 3. The van der Waals surface area contributed by atoms with Crippen molar-refractivity contribution in [2.45, 2.75) is 12.6 Å². The van der Waals surface area contributed by atoms with E-state index in [9.17, 15) is 22.8 Å². The van der Waals surface area contributed by atoms with Gasteiger partial charge in [-0.2, -0.15) is 13.2 Å². The summed E-state index contributed by atoms with van der Waals surface area (Å²) in [4.78, 5) is 26.7. The molecule has 1 heterocycles. The molecular formula is C24H22F3NO5. The number of nitrogens with zero attached hydrogens (tertiary/aromatic N) is 1. The predicted octanol–water partition coefficient (Wildman–Crippen LogP) is 4.59. The van der Waals surface area contributed by atoms with Crippen LogP contribution in [-0.2, 0) is 15.8 Å². The third kappa shape index (κ3) is 5.19. The van der Waals surface area contributed by atoms with Gasteiger partial charge in [-0.05, 0) is 47.9 Å². The normalized spacial score (nSPS) is 14.3. The van der Waals surface area contributed by atoms with Crippen LogP contribution in [0.25, 0.3) is 11.6 Å². The van der Waals surface area contributed by atoms with Crippen molar-refractivity contribution in [1.82, 2.24) is 4.90 Å². The van der Waals surface area contributed by atoms with Crippen molar-refractivity contribution in [3.63, 3.8) is 0 Å². The summed E-state index contributed by atoms with van der Waals surface area (Å²) < 4.78 is 54.2. The van der Waals surface area contributed by atoms with Crippen LogP contribution in [0.2, 0.25) is 0 Å². The van der Waals surface area contributed by atoms with Crippen LogP contribution in [0.15, 0.2) is 48.6 Å². The summed E-state index contributed by atoms with van der Waals surface area (Å²) >= 11 is 0. The van der Waals surface area contributed by atoms with Gasteiger partial charge in [-0.1, -0.05) is 18.2 Å². The zero-order valence-corrected chi connectivity index (χ0v) is 18.2. The molecule has 0 unspecified atom stereocenters. The summed E-state index contributed by atoms with van der Waals surface area (Å²) in [7, 11) is 4.41. The fourth-order valence-electron chi connectivity index (χ4n) is 3.42. The van der Waals surface area contributed by atoms with Gasteiger partial charge in [-0.3, -0.25) is 14.5 Å². The molecule has 0 saturated carbocycles. The van der Waals surface area contributed by atoms with E-state index in [0.717, 1.165) is 17.0 Å². The van der Waals surface area contributed by atoms with Gasteiger partial charge in [0.2, 0.25) is 5.75 Å². The largest absolute Gasteiger partial charge is 0.493 e. The molecular weight excluding hydrogens is 439 g/mol. The number of imide groups is 1. The third-order valence-electron chi connectivity index (χ3n) is 5.07. The average molecular weight is 461 g/mol. The van der Waals surface area contributed by atoms with Crippen molar-refractivity contribution >= 4 is 23.5 Å². The van der Waals surface area contributed by atoms with E-state index in [0.29, 0.717) is 34.8 Å². The zero-order valence-electron chi connectivity index (χ0n) is 18.2. The highest BCUT2D eigenvalue weighted by Crippen LogP contribution is 2.38. The summed E-state index contributed by atoms with van der Waals surface area (Å²) in [6.45, 7) is 0.168. The monoisotopic (exact) mass is 461 g/mol. The summed E-state index contributed by atoms with van der Waals surface area (Å²) in [5.74, 6) is 0.101. The van der Waals surface area contributed by atoms with Crippen molar-refractivity contribution in [2.24, 2.45) is 0 Å². The Morgan fingerprint density at radius 1 is 1.00 bits per heavy atom. The molecule has 0 aliphatic carbocycles. The highest BCUT2D eigenvalue weighted by molar-refractivity contribution is 6.25. The highest BCUT2D eigenvalue weighted by atomic mass is 19.4. The second-order valence-corrected chi connectivity index (χ2v) is 7.07. The number of carbonyl (C=O) groups is 2. The number of amides is 2. The Balaban J connectivity index is 1.79. The van der Waals surface area contributed by atoms with E-state index in [1.165, 1.54) is 45.6 Å². The second kappa shape index (κ2) is 9.81. The molecule has 0 bridgehead atoms. The van der Waals surface area contributed by atoms with Gasteiger partial charge >= 0.3 is 6.18 Å². The fourth-order valence-corrected chi connectivity index (χ4v) is 3.42. The lowest BCUT2D eigenvalue weighted by atomic mass is 9.99. The van der Waals surface area contributed by atoms with Crippen molar-refractivity contribution in [1.29, 1.82) is 0 Å². The van der Waals surface area contributed by atoms with Gasteiger partial charge in [0.15, 0.2) is 11.5 Å². The second-order valence-electron chi connectivity index (χ2n) is 7.07. The number of halogens is 3. The topological polar surface area (TPSA) is 65.1 Å². The van der Waals surface area contributed by atoms with Gasteiger partial charge in [-0.15, -0.1) is 0 Å². The average Bonchev–Trinajstić information content (AvgIpc) is 2.81. The molecule has 0 radical (unpaired) electrons. The van der Waals surface area contributed by atoms with E-state index in [1.807, 2.05) is 0 Å². The van der Waals surface area contributed by atoms with E-state index >= 15 is 0 Å². The molecule has 1 aliphatic heterocycles. The summed E-state index contributed by atoms with van der Waals surface area (Å²) in [6, 6.07) is 7.58. The Morgan fingerprint density at radius 2 is 1.61 bits per heavy atom. The molecule has 2 aromatic rings. The van der Waals surface area contributed by atoms with E-state index in [4.69, 9.17) is 14.2 Å².